The quantitative estimate of drug-likeness (QED) is 0.737. The summed E-state index contributed by atoms with van der Waals surface area (Å²) >= 11 is 0. The highest BCUT2D eigenvalue weighted by atomic mass is 16.2. The molecule has 1 aliphatic rings. The fraction of sp³-hybridized carbons (Fsp3) is 0.292. The highest BCUT2D eigenvalue weighted by Gasteiger charge is 2.19. The van der Waals surface area contributed by atoms with E-state index >= 15 is 0 Å². The highest BCUT2D eigenvalue weighted by Crippen LogP contribution is 2.20. The van der Waals surface area contributed by atoms with E-state index in [0.717, 1.165) is 44.0 Å². The van der Waals surface area contributed by atoms with Crippen LogP contribution in [0.1, 0.15) is 11.1 Å². The SMILES string of the molecule is Cc1cccc(NC(=O)CN2CCN(Cc3cccc4ccccc34)CC2)c1. The molecule has 3 aromatic carbocycles. The molecule has 0 bridgehead atoms. The van der Waals surface area contributed by atoms with E-state index in [9.17, 15) is 4.79 Å². The maximum absolute atomic E-state index is 12.3. The van der Waals surface area contributed by atoms with Crippen LogP contribution in [0.5, 0.6) is 0 Å². The first kappa shape index (κ1) is 18.7. The Balaban J connectivity index is 1.29. The molecule has 0 aliphatic carbocycles. The van der Waals surface area contributed by atoms with Gasteiger partial charge in [-0.15, -0.1) is 0 Å². The van der Waals surface area contributed by atoms with E-state index in [1.807, 2.05) is 31.2 Å². The number of fused-ring (bicyclic) bond motifs is 1. The van der Waals surface area contributed by atoms with Crippen molar-refractivity contribution in [3.8, 4) is 0 Å². The number of hydrogen-bond acceptors (Lipinski definition) is 3. The Hall–Kier alpha value is -2.69. The minimum atomic E-state index is 0.0631. The van der Waals surface area contributed by atoms with Gasteiger partial charge in [-0.2, -0.15) is 0 Å². The molecule has 0 saturated carbocycles. The van der Waals surface area contributed by atoms with E-state index in [0.29, 0.717) is 6.54 Å². The van der Waals surface area contributed by atoms with Crippen LogP contribution in [0.4, 0.5) is 5.69 Å². The molecule has 1 aliphatic heterocycles. The molecule has 1 saturated heterocycles. The third kappa shape index (κ3) is 4.58. The van der Waals surface area contributed by atoms with E-state index in [1.54, 1.807) is 0 Å². The monoisotopic (exact) mass is 373 g/mol. The average Bonchev–Trinajstić information content (AvgIpc) is 2.70. The minimum absolute atomic E-state index is 0.0631. The first-order chi connectivity index (χ1) is 13.7. The summed E-state index contributed by atoms with van der Waals surface area (Å²) in [5.74, 6) is 0.0631. The van der Waals surface area contributed by atoms with Crippen LogP contribution in [0, 0.1) is 6.92 Å². The lowest BCUT2D eigenvalue weighted by Crippen LogP contribution is -2.48. The number of carbonyl (C=O) groups excluding carboxylic acids is 1. The van der Waals surface area contributed by atoms with E-state index in [4.69, 9.17) is 0 Å². The third-order valence-electron chi connectivity index (χ3n) is 5.41. The average molecular weight is 374 g/mol. The number of benzene rings is 3. The highest BCUT2D eigenvalue weighted by molar-refractivity contribution is 5.92. The van der Waals surface area contributed by atoms with Crippen LogP contribution in [-0.4, -0.2) is 48.4 Å². The lowest BCUT2D eigenvalue weighted by atomic mass is 10.0. The minimum Gasteiger partial charge on any atom is -0.325 e. The number of piperazine rings is 1. The normalized spacial score (nSPS) is 15.6. The Bertz CT molecular complexity index is 955. The second kappa shape index (κ2) is 8.55. The molecule has 0 radical (unpaired) electrons. The fourth-order valence-electron chi connectivity index (χ4n) is 3.90. The Morgan fingerprint density at radius 2 is 1.61 bits per heavy atom. The van der Waals surface area contributed by atoms with Gasteiger partial charge in [0.15, 0.2) is 0 Å². The fourth-order valence-corrected chi connectivity index (χ4v) is 3.90. The van der Waals surface area contributed by atoms with Gasteiger partial charge in [0.2, 0.25) is 5.91 Å². The molecule has 1 N–H and O–H groups in total. The standard InChI is InChI=1S/C24H27N3O/c1-19-6-4-10-22(16-19)25-24(28)18-27-14-12-26(13-15-27)17-21-9-5-8-20-7-2-3-11-23(20)21/h2-11,16H,12-15,17-18H2,1H3,(H,25,28). The molecule has 3 aromatic rings. The maximum Gasteiger partial charge on any atom is 0.238 e. The molecule has 4 nitrogen and oxygen atoms in total. The second-order valence-corrected chi connectivity index (χ2v) is 7.61. The molecule has 4 heteroatoms. The summed E-state index contributed by atoms with van der Waals surface area (Å²) in [5.41, 5.74) is 3.41. The molecule has 0 aromatic heterocycles. The molecule has 28 heavy (non-hydrogen) atoms. The molecule has 4 rings (SSSR count). The van der Waals surface area contributed by atoms with Crippen LogP contribution in [0.15, 0.2) is 66.7 Å². The van der Waals surface area contributed by atoms with Gasteiger partial charge in [-0.3, -0.25) is 14.6 Å². The summed E-state index contributed by atoms with van der Waals surface area (Å²) in [6.45, 7) is 7.27. The Morgan fingerprint density at radius 3 is 2.43 bits per heavy atom. The van der Waals surface area contributed by atoms with Crippen molar-refractivity contribution in [2.24, 2.45) is 0 Å². The van der Waals surface area contributed by atoms with Gasteiger partial charge in [0.25, 0.3) is 0 Å². The van der Waals surface area contributed by atoms with Gasteiger partial charge in [0.05, 0.1) is 6.54 Å². The van der Waals surface area contributed by atoms with Crippen molar-refractivity contribution < 1.29 is 4.79 Å². The Morgan fingerprint density at radius 1 is 0.893 bits per heavy atom. The van der Waals surface area contributed by atoms with Crippen molar-refractivity contribution in [1.29, 1.82) is 0 Å². The maximum atomic E-state index is 12.3. The number of carbonyl (C=O) groups is 1. The van der Waals surface area contributed by atoms with Crippen molar-refractivity contribution in [3.05, 3.63) is 77.9 Å². The van der Waals surface area contributed by atoms with E-state index in [-0.39, 0.29) is 5.91 Å². The summed E-state index contributed by atoms with van der Waals surface area (Å²) in [7, 11) is 0. The summed E-state index contributed by atoms with van der Waals surface area (Å²) in [6, 6.07) is 23.1. The van der Waals surface area contributed by atoms with Crippen molar-refractivity contribution in [2.45, 2.75) is 13.5 Å². The first-order valence-corrected chi connectivity index (χ1v) is 9.95. The first-order valence-electron chi connectivity index (χ1n) is 9.95. The lowest BCUT2D eigenvalue weighted by Gasteiger charge is -2.34. The number of nitrogens with zero attached hydrogens (tertiary/aromatic N) is 2. The van der Waals surface area contributed by atoms with Crippen molar-refractivity contribution in [3.63, 3.8) is 0 Å². The Labute approximate surface area is 166 Å². The smallest absolute Gasteiger partial charge is 0.238 e. The molecule has 0 atom stereocenters. The topological polar surface area (TPSA) is 35.6 Å². The molecule has 1 fully saturated rings. The summed E-state index contributed by atoms with van der Waals surface area (Å²) < 4.78 is 0. The molecule has 0 unspecified atom stereocenters. The number of rotatable bonds is 5. The van der Waals surface area contributed by atoms with Crippen molar-refractivity contribution >= 4 is 22.4 Å². The van der Waals surface area contributed by atoms with Crippen LogP contribution >= 0.6 is 0 Å². The van der Waals surface area contributed by atoms with Crippen LogP contribution in [0.3, 0.4) is 0 Å². The zero-order chi connectivity index (χ0) is 19.3. The number of anilines is 1. The van der Waals surface area contributed by atoms with Gasteiger partial charge < -0.3 is 5.32 Å². The second-order valence-electron chi connectivity index (χ2n) is 7.61. The zero-order valence-corrected chi connectivity index (χ0v) is 16.4. The van der Waals surface area contributed by atoms with Gasteiger partial charge in [-0.25, -0.2) is 0 Å². The van der Waals surface area contributed by atoms with Crippen LogP contribution in [0.2, 0.25) is 0 Å². The van der Waals surface area contributed by atoms with Crippen LogP contribution in [0.25, 0.3) is 10.8 Å². The molecule has 1 heterocycles. The van der Waals surface area contributed by atoms with E-state index in [1.165, 1.54) is 16.3 Å². The molecule has 1 amide bonds. The lowest BCUT2D eigenvalue weighted by molar-refractivity contribution is -0.117. The largest absolute Gasteiger partial charge is 0.325 e. The number of nitrogens with one attached hydrogen (secondary N) is 1. The van der Waals surface area contributed by atoms with Gasteiger partial charge in [-0.05, 0) is 41.0 Å². The molecule has 0 spiro atoms. The van der Waals surface area contributed by atoms with Crippen molar-refractivity contribution in [2.75, 3.05) is 38.0 Å². The van der Waals surface area contributed by atoms with Gasteiger partial charge in [0.1, 0.15) is 0 Å². The van der Waals surface area contributed by atoms with E-state index < -0.39 is 0 Å². The number of aryl methyl sites for hydroxylation is 1. The van der Waals surface area contributed by atoms with Gasteiger partial charge in [-0.1, -0.05) is 54.6 Å². The third-order valence-corrected chi connectivity index (χ3v) is 5.41. The van der Waals surface area contributed by atoms with Crippen LogP contribution < -0.4 is 5.32 Å². The molecular weight excluding hydrogens is 346 g/mol. The summed E-state index contributed by atoms with van der Waals surface area (Å²) in [4.78, 5) is 17.1. The summed E-state index contributed by atoms with van der Waals surface area (Å²) in [5, 5.41) is 5.64. The van der Waals surface area contributed by atoms with Gasteiger partial charge in [0, 0.05) is 38.4 Å². The predicted molar refractivity (Wildman–Crippen MR) is 115 cm³/mol. The predicted octanol–water partition coefficient (Wildman–Crippen LogP) is 3.90. The Kier molecular flexibility index (Phi) is 5.70. The van der Waals surface area contributed by atoms with E-state index in [2.05, 4.69) is 57.6 Å². The number of hydrogen-bond donors (Lipinski definition) is 1. The molecule has 144 valence electrons. The van der Waals surface area contributed by atoms with Crippen LogP contribution in [-0.2, 0) is 11.3 Å². The summed E-state index contributed by atoms with van der Waals surface area (Å²) in [6.07, 6.45) is 0. The molecular formula is C24H27N3O. The number of amides is 1. The van der Waals surface area contributed by atoms with Gasteiger partial charge >= 0.3 is 0 Å². The van der Waals surface area contributed by atoms with Crippen molar-refractivity contribution in [1.82, 2.24) is 9.80 Å². The zero-order valence-electron chi connectivity index (χ0n) is 16.4.